The Morgan fingerprint density at radius 3 is 2.81 bits per heavy atom. The van der Waals surface area contributed by atoms with Crippen LogP contribution in [0.3, 0.4) is 0 Å². The van der Waals surface area contributed by atoms with Gasteiger partial charge in [0, 0.05) is 18.1 Å². The second kappa shape index (κ2) is 5.47. The summed E-state index contributed by atoms with van der Waals surface area (Å²) in [6.07, 6.45) is 8.91. The predicted molar refractivity (Wildman–Crippen MR) is 65.6 cm³/mol. The van der Waals surface area contributed by atoms with E-state index in [0.29, 0.717) is 0 Å². The molecular weight excluding hydrogens is 198 g/mol. The van der Waals surface area contributed by atoms with Crippen LogP contribution in [0.2, 0.25) is 0 Å². The number of aryl methyl sites for hydroxylation is 1. The average Bonchev–Trinajstić information content (AvgIpc) is 2.83. The standard InChI is InChI=1S/C13H17N3/c14-8-4-3-6-12-5-1-2-7-13(12)16-10-9-15-11-16/h1-2,5,7,9-11H,3-4,6,8,14H2. The monoisotopic (exact) mass is 215 g/mol. The molecule has 0 atom stereocenters. The van der Waals surface area contributed by atoms with Crippen molar-refractivity contribution in [1.29, 1.82) is 0 Å². The number of benzene rings is 1. The first-order chi connectivity index (χ1) is 7.92. The van der Waals surface area contributed by atoms with Gasteiger partial charge in [-0.25, -0.2) is 4.98 Å². The third kappa shape index (κ3) is 2.49. The molecule has 2 aromatic rings. The summed E-state index contributed by atoms with van der Waals surface area (Å²) >= 11 is 0. The first-order valence-corrected chi connectivity index (χ1v) is 5.68. The van der Waals surface area contributed by atoms with Crippen LogP contribution in [0.5, 0.6) is 0 Å². The van der Waals surface area contributed by atoms with Crippen molar-refractivity contribution in [3.8, 4) is 5.69 Å². The molecule has 0 aliphatic carbocycles. The van der Waals surface area contributed by atoms with Gasteiger partial charge in [0.25, 0.3) is 0 Å². The third-order valence-corrected chi connectivity index (χ3v) is 2.67. The van der Waals surface area contributed by atoms with Gasteiger partial charge in [0.15, 0.2) is 0 Å². The maximum absolute atomic E-state index is 5.51. The topological polar surface area (TPSA) is 43.8 Å². The lowest BCUT2D eigenvalue weighted by Crippen LogP contribution is -2.01. The number of rotatable bonds is 5. The molecule has 1 aromatic heterocycles. The number of nitrogens with two attached hydrogens (primary N) is 1. The Morgan fingerprint density at radius 1 is 1.19 bits per heavy atom. The molecule has 0 amide bonds. The fraction of sp³-hybridized carbons (Fsp3) is 0.308. The van der Waals surface area contributed by atoms with E-state index in [9.17, 15) is 0 Å². The van der Waals surface area contributed by atoms with Crippen molar-refractivity contribution >= 4 is 0 Å². The molecule has 0 saturated heterocycles. The van der Waals surface area contributed by atoms with Crippen LogP contribution in [-0.2, 0) is 6.42 Å². The van der Waals surface area contributed by atoms with E-state index in [1.54, 1.807) is 6.20 Å². The van der Waals surface area contributed by atoms with E-state index in [0.717, 1.165) is 25.8 Å². The minimum absolute atomic E-state index is 0.771. The van der Waals surface area contributed by atoms with Crippen LogP contribution in [0.1, 0.15) is 18.4 Å². The van der Waals surface area contributed by atoms with Crippen LogP contribution in [-0.4, -0.2) is 16.1 Å². The zero-order valence-electron chi connectivity index (χ0n) is 9.34. The summed E-state index contributed by atoms with van der Waals surface area (Å²) in [6.45, 7) is 0.771. The smallest absolute Gasteiger partial charge is 0.0991 e. The van der Waals surface area contributed by atoms with Crippen LogP contribution < -0.4 is 5.73 Å². The highest BCUT2D eigenvalue weighted by molar-refractivity contribution is 5.40. The van der Waals surface area contributed by atoms with Crippen molar-refractivity contribution in [2.45, 2.75) is 19.3 Å². The molecule has 2 N–H and O–H groups in total. The Morgan fingerprint density at radius 2 is 2.06 bits per heavy atom. The number of imidazole rings is 1. The maximum atomic E-state index is 5.51. The molecule has 0 unspecified atom stereocenters. The zero-order valence-corrected chi connectivity index (χ0v) is 9.34. The molecule has 2 rings (SSSR count). The Balaban J connectivity index is 2.18. The summed E-state index contributed by atoms with van der Waals surface area (Å²) in [5, 5.41) is 0. The largest absolute Gasteiger partial charge is 0.330 e. The van der Waals surface area contributed by atoms with E-state index >= 15 is 0 Å². The molecule has 0 radical (unpaired) electrons. The molecule has 1 aromatic carbocycles. The van der Waals surface area contributed by atoms with Crippen molar-refractivity contribution < 1.29 is 0 Å². The highest BCUT2D eigenvalue weighted by Gasteiger charge is 2.02. The maximum Gasteiger partial charge on any atom is 0.0991 e. The normalized spacial score (nSPS) is 10.6. The first-order valence-electron chi connectivity index (χ1n) is 5.68. The van der Waals surface area contributed by atoms with E-state index in [4.69, 9.17) is 5.73 Å². The minimum atomic E-state index is 0.771. The van der Waals surface area contributed by atoms with Crippen LogP contribution in [0.4, 0.5) is 0 Å². The van der Waals surface area contributed by atoms with Crippen LogP contribution in [0.15, 0.2) is 43.0 Å². The van der Waals surface area contributed by atoms with Gasteiger partial charge in [-0.15, -0.1) is 0 Å². The van der Waals surface area contributed by atoms with Crippen LogP contribution in [0.25, 0.3) is 5.69 Å². The van der Waals surface area contributed by atoms with Crippen LogP contribution >= 0.6 is 0 Å². The van der Waals surface area contributed by atoms with Crippen molar-refractivity contribution in [2.24, 2.45) is 5.73 Å². The quantitative estimate of drug-likeness (QED) is 0.777. The molecule has 16 heavy (non-hydrogen) atoms. The van der Waals surface area contributed by atoms with E-state index in [1.165, 1.54) is 11.3 Å². The molecule has 3 heteroatoms. The fourth-order valence-corrected chi connectivity index (χ4v) is 1.84. The molecule has 0 aliphatic heterocycles. The molecule has 84 valence electrons. The van der Waals surface area contributed by atoms with Gasteiger partial charge >= 0.3 is 0 Å². The van der Waals surface area contributed by atoms with Crippen molar-refractivity contribution in [3.05, 3.63) is 48.5 Å². The molecular formula is C13H17N3. The van der Waals surface area contributed by atoms with Crippen molar-refractivity contribution in [3.63, 3.8) is 0 Å². The first kappa shape index (κ1) is 10.9. The van der Waals surface area contributed by atoms with Gasteiger partial charge in [0.2, 0.25) is 0 Å². The summed E-state index contributed by atoms with van der Waals surface area (Å²) in [5.41, 5.74) is 8.09. The molecule has 0 spiro atoms. The SMILES string of the molecule is NCCCCc1ccccc1-n1ccnc1. The van der Waals surface area contributed by atoms with Gasteiger partial charge < -0.3 is 10.3 Å². The predicted octanol–water partition coefficient (Wildman–Crippen LogP) is 2.15. The van der Waals surface area contributed by atoms with E-state index in [-0.39, 0.29) is 0 Å². The number of para-hydroxylation sites is 1. The number of hydrogen-bond donors (Lipinski definition) is 1. The minimum Gasteiger partial charge on any atom is -0.330 e. The van der Waals surface area contributed by atoms with Crippen molar-refractivity contribution in [1.82, 2.24) is 9.55 Å². The lowest BCUT2D eigenvalue weighted by atomic mass is 10.1. The van der Waals surface area contributed by atoms with Gasteiger partial charge in [-0.2, -0.15) is 0 Å². The Hall–Kier alpha value is -1.61. The highest BCUT2D eigenvalue weighted by Crippen LogP contribution is 2.16. The number of unbranched alkanes of at least 4 members (excludes halogenated alkanes) is 1. The summed E-state index contributed by atoms with van der Waals surface area (Å²) in [5.74, 6) is 0. The highest BCUT2D eigenvalue weighted by atomic mass is 15.0. The average molecular weight is 215 g/mol. The summed E-state index contributed by atoms with van der Waals surface area (Å²) in [6, 6.07) is 8.44. The summed E-state index contributed by atoms with van der Waals surface area (Å²) in [7, 11) is 0. The molecule has 1 heterocycles. The van der Waals surface area contributed by atoms with Gasteiger partial charge in [-0.1, -0.05) is 18.2 Å². The third-order valence-electron chi connectivity index (χ3n) is 2.67. The second-order valence-corrected chi connectivity index (χ2v) is 3.84. The number of aromatic nitrogens is 2. The Kier molecular flexibility index (Phi) is 3.72. The lowest BCUT2D eigenvalue weighted by Gasteiger charge is -2.09. The van der Waals surface area contributed by atoms with Gasteiger partial charge in [-0.05, 0) is 37.4 Å². The van der Waals surface area contributed by atoms with E-state index in [2.05, 4.69) is 33.8 Å². The van der Waals surface area contributed by atoms with Crippen molar-refractivity contribution in [2.75, 3.05) is 6.54 Å². The Labute approximate surface area is 95.9 Å². The van der Waals surface area contributed by atoms with E-state index < -0.39 is 0 Å². The summed E-state index contributed by atoms with van der Waals surface area (Å²) in [4.78, 5) is 4.08. The van der Waals surface area contributed by atoms with E-state index in [1.807, 2.05) is 12.5 Å². The Bertz CT molecular complexity index is 421. The zero-order chi connectivity index (χ0) is 11.2. The van der Waals surface area contributed by atoms with Crippen LogP contribution in [0, 0.1) is 0 Å². The lowest BCUT2D eigenvalue weighted by molar-refractivity contribution is 0.741. The molecule has 0 bridgehead atoms. The molecule has 0 saturated carbocycles. The van der Waals surface area contributed by atoms with Gasteiger partial charge in [0.1, 0.15) is 0 Å². The number of nitrogens with zero attached hydrogens (tertiary/aromatic N) is 2. The molecule has 3 nitrogen and oxygen atoms in total. The second-order valence-electron chi connectivity index (χ2n) is 3.84. The number of hydrogen-bond acceptors (Lipinski definition) is 2. The van der Waals surface area contributed by atoms with Gasteiger partial charge in [-0.3, -0.25) is 0 Å². The van der Waals surface area contributed by atoms with Gasteiger partial charge in [0.05, 0.1) is 6.33 Å². The molecule has 0 fully saturated rings. The summed E-state index contributed by atoms with van der Waals surface area (Å²) < 4.78 is 2.05. The molecule has 0 aliphatic rings. The fourth-order valence-electron chi connectivity index (χ4n) is 1.84.